The van der Waals surface area contributed by atoms with Crippen LogP contribution in [0, 0.1) is 56.2 Å². The van der Waals surface area contributed by atoms with Crippen LogP contribution in [-0.2, 0) is 66.4 Å². The van der Waals surface area contributed by atoms with Crippen molar-refractivity contribution < 1.29 is 148 Å². The molecule has 5 aliphatic carbocycles. The van der Waals surface area contributed by atoms with Crippen molar-refractivity contribution in [3.63, 3.8) is 0 Å². The second-order valence-corrected chi connectivity index (χ2v) is 31.4. The maximum atomic E-state index is 13.7. The molecule has 37 atom stereocenters. The average Bonchev–Trinajstić information content (AvgIpc) is 1.40. The molecule has 0 unspecified atom stereocenters. The fraction of sp³-hybridized carbons (Fsp3) is 0.969. The number of aliphatic hydroxyl groups is 15. The van der Waals surface area contributed by atoms with Gasteiger partial charge in [-0.1, -0.05) is 62.3 Å². The minimum atomic E-state index is -2.34. The summed E-state index contributed by atoms with van der Waals surface area (Å²) in [5, 5.41) is 180. The Balaban J connectivity index is 0.907. The Bertz CT molecular complexity index is 2670. The summed E-state index contributed by atoms with van der Waals surface area (Å²) in [7, 11) is 0. The molecule has 0 radical (unpaired) electrons. The van der Waals surface area contributed by atoms with Gasteiger partial charge in [0.2, 0.25) is 0 Å². The molecule has 16 N–H and O–H groups in total. The number of hydrogen-bond donors (Lipinski definition) is 16. The molecule has 11 aliphatic rings. The lowest BCUT2D eigenvalue weighted by atomic mass is 9.30. The van der Waals surface area contributed by atoms with Crippen LogP contribution in [0.2, 0.25) is 0 Å². The molecule has 6 aliphatic heterocycles. The maximum absolute atomic E-state index is 13.7. The van der Waals surface area contributed by atoms with Crippen LogP contribution in [0.4, 0.5) is 0 Å². The number of aliphatic carboxylic acids is 1. The van der Waals surface area contributed by atoms with Crippen LogP contribution in [0.5, 0.6) is 0 Å². The highest BCUT2D eigenvalue weighted by Gasteiger charge is 2.84. The monoisotopic (exact) mass is 1350 g/mol. The van der Waals surface area contributed by atoms with Crippen molar-refractivity contribution in [3.8, 4) is 0 Å². The van der Waals surface area contributed by atoms with Crippen molar-refractivity contribution in [2.75, 3.05) is 19.8 Å². The molecule has 0 amide bonds. The zero-order valence-corrected chi connectivity index (χ0v) is 55.0. The van der Waals surface area contributed by atoms with Crippen molar-refractivity contribution in [2.45, 2.75) is 311 Å². The molecule has 5 saturated carbocycles. The zero-order valence-electron chi connectivity index (χ0n) is 55.0. The van der Waals surface area contributed by atoms with Crippen LogP contribution in [0.15, 0.2) is 0 Å². The van der Waals surface area contributed by atoms with Gasteiger partial charge in [-0.15, -0.1) is 0 Å². The maximum Gasteiger partial charge on any atom is 0.335 e. The first-order valence-electron chi connectivity index (χ1n) is 33.6. The van der Waals surface area contributed by atoms with Crippen molar-refractivity contribution in [2.24, 2.45) is 56.2 Å². The third-order valence-corrected chi connectivity index (χ3v) is 25.5. The Morgan fingerprint density at radius 2 is 1.11 bits per heavy atom. The number of carbonyl (C=O) groups is 2. The molecule has 30 nitrogen and oxygen atoms in total. The number of carbonyl (C=O) groups excluding carboxylic acids is 1. The van der Waals surface area contributed by atoms with E-state index in [0.717, 1.165) is 0 Å². The molecular weight excluding hydrogens is 1250 g/mol. The van der Waals surface area contributed by atoms with E-state index in [1.54, 1.807) is 0 Å². The van der Waals surface area contributed by atoms with E-state index < -0.39 is 236 Å². The van der Waals surface area contributed by atoms with Gasteiger partial charge in [-0.3, -0.25) is 4.79 Å². The Labute approximate surface area is 545 Å². The molecule has 30 heteroatoms. The smallest absolute Gasteiger partial charge is 0.335 e. The quantitative estimate of drug-likeness (QED) is 0.0545. The van der Waals surface area contributed by atoms with Gasteiger partial charge in [0.1, 0.15) is 110 Å². The Kier molecular flexibility index (Phi) is 20.5. The van der Waals surface area contributed by atoms with Crippen molar-refractivity contribution in [3.05, 3.63) is 0 Å². The summed E-state index contributed by atoms with van der Waals surface area (Å²) >= 11 is 0. The Morgan fingerprint density at radius 3 is 1.74 bits per heavy atom. The van der Waals surface area contributed by atoms with Gasteiger partial charge < -0.3 is 139 Å². The Morgan fingerprint density at radius 1 is 0.543 bits per heavy atom. The summed E-state index contributed by atoms with van der Waals surface area (Å²) in [6.45, 7) is 17.7. The van der Waals surface area contributed by atoms with Gasteiger partial charge in [-0.25, -0.2) is 4.79 Å². The standard InChI is InChI=1S/C64H104O30/c1-11-24(2)51(81)87-34-20-58(4,5)18-31-63-17-13-30-60(8)15-14-33(59(6,7)29(60)12-16-61(30,9)62(63,10)19-32(68)64(31,34)57(82)94-63)88-56-49(93-53-43(77)39(73)37(71)27(21-65)85-53)45(44(78)46(90-56)50(79)80)89-55-48(41(75)38(72)28(22-66)86-55)92-54-47(40(74)35(69)25(3)84-54)91-52-42(76)36(70)26(67)23-83-52/h24-49,52-57,65-78,82H,11-23H2,1-10H3,(H,79,80)/t24-,25+,26-,27-,28-,29+,30-,31+,32-,33+,34+,35+,36+,37+,38+,39+,40-,41+,42-,43-,44+,45+,46+,47-,48-,49-,52+,53+,54+,55+,56-,57+,60+,61-,62+,63+,64-/m1/s1. The lowest BCUT2D eigenvalue weighted by Crippen LogP contribution is -2.75. The van der Waals surface area contributed by atoms with Crippen LogP contribution in [0.1, 0.15) is 133 Å². The second-order valence-electron chi connectivity index (χ2n) is 31.4. The minimum absolute atomic E-state index is 0.00225. The summed E-state index contributed by atoms with van der Waals surface area (Å²) in [4.78, 5) is 27.1. The normalized spacial score (nSPS) is 54.9. The van der Waals surface area contributed by atoms with Crippen LogP contribution in [0.3, 0.4) is 0 Å². The zero-order chi connectivity index (χ0) is 68.8. The largest absolute Gasteiger partial charge is 0.479 e. The number of carboxylic acid groups (broad SMARTS) is 1. The summed E-state index contributed by atoms with van der Waals surface area (Å²) in [6, 6.07) is 0. The molecule has 11 fully saturated rings. The average molecular weight is 1350 g/mol. The van der Waals surface area contributed by atoms with Crippen molar-refractivity contribution in [1.82, 2.24) is 0 Å². The number of carboxylic acids is 1. The topological polar surface area (TPSA) is 469 Å². The summed E-state index contributed by atoms with van der Waals surface area (Å²) in [5.41, 5.74) is -5.02. The predicted octanol–water partition coefficient (Wildman–Crippen LogP) is -2.88. The van der Waals surface area contributed by atoms with Crippen LogP contribution < -0.4 is 0 Å². The fourth-order valence-corrected chi connectivity index (χ4v) is 20.0. The predicted molar refractivity (Wildman–Crippen MR) is 314 cm³/mol. The highest BCUT2D eigenvalue weighted by Crippen LogP contribution is 2.81. The molecule has 2 bridgehead atoms. The van der Waals surface area contributed by atoms with Gasteiger partial charge in [0.15, 0.2) is 43.8 Å². The van der Waals surface area contributed by atoms with Gasteiger partial charge in [0.25, 0.3) is 0 Å². The molecule has 94 heavy (non-hydrogen) atoms. The molecule has 1 spiro atoms. The minimum Gasteiger partial charge on any atom is -0.479 e. The van der Waals surface area contributed by atoms with Crippen molar-refractivity contribution in [1.29, 1.82) is 0 Å². The van der Waals surface area contributed by atoms with Gasteiger partial charge in [-0.2, -0.15) is 0 Å². The van der Waals surface area contributed by atoms with Crippen LogP contribution in [0.25, 0.3) is 0 Å². The number of hydrogen-bond acceptors (Lipinski definition) is 29. The molecule has 0 aromatic rings. The van der Waals surface area contributed by atoms with E-state index in [1.165, 1.54) is 6.92 Å². The Hall–Kier alpha value is -2.10. The first-order valence-corrected chi connectivity index (χ1v) is 33.6. The second kappa shape index (κ2) is 26.4. The number of ether oxygens (including phenoxy) is 12. The summed E-state index contributed by atoms with van der Waals surface area (Å²) < 4.78 is 75.0. The molecule has 6 saturated heterocycles. The van der Waals surface area contributed by atoms with Gasteiger partial charge in [0, 0.05) is 11.3 Å². The third kappa shape index (κ3) is 11.5. The van der Waals surface area contributed by atoms with Crippen LogP contribution in [-0.4, -0.2) is 291 Å². The lowest BCUT2D eigenvalue weighted by Gasteiger charge is -2.75. The third-order valence-electron chi connectivity index (χ3n) is 25.5. The van der Waals surface area contributed by atoms with E-state index >= 15 is 0 Å². The van der Waals surface area contributed by atoms with E-state index in [4.69, 9.17) is 56.8 Å². The van der Waals surface area contributed by atoms with E-state index in [2.05, 4.69) is 34.6 Å². The number of fused-ring (bicyclic) bond motifs is 4. The van der Waals surface area contributed by atoms with Gasteiger partial charge in [-0.05, 0) is 105 Å². The lowest BCUT2D eigenvalue weighted by molar-refractivity contribution is -0.411. The van der Waals surface area contributed by atoms with Gasteiger partial charge >= 0.3 is 11.9 Å². The molecule has 6 heterocycles. The van der Waals surface area contributed by atoms with Crippen LogP contribution >= 0.6 is 0 Å². The van der Waals surface area contributed by atoms with E-state index in [-0.39, 0.29) is 35.6 Å². The first kappa shape index (κ1) is 73.1. The highest BCUT2D eigenvalue weighted by molar-refractivity contribution is 5.73. The first-order chi connectivity index (χ1) is 43.9. The van der Waals surface area contributed by atoms with Gasteiger partial charge in [0.05, 0.1) is 55.1 Å². The summed E-state index contributed by atoms with van der Waals surface area (Å²) in [5.74, 6) is -3.03. The number of esters is 1. The van der Waals surface area contributed by atoms with Crippen molar-refractivity contribution >= 4 is 11.9 Å². The summed E-state index contributed by atoms with van der Waals surface area (Å²) in [6.07, 6.45) is -45.3. The SMILES string of the molecule is CC[C@@H](C)C(=O)O[C@H]1CC(C)(C)C[C@@H]2[C@@]13[C@H](O)C[C@]1(C)[C@@]2(CC[C@@H]2[C@@]4(C)CC[C@H](O[C@@H]5O[C@H](C(=O)O)[C@@H](O)[C@H](O[C@@H]6O[C@H](CO)[C@H](O)[C@H](O)[C@H]6O[C@@H]6O[C@@H](C)[C@H](O)[C@@H](O)[C@H]6O[C@@H]6OC[C@@H](O)[C@H](O)[C@H]6O)[C@H]5O[C@@H]5O[C@H](CO)[C@H](O)[C@H](O)[C@H]5O)C(C)(C)[C@@H]4CC[C@]21C)O[C@@H]3O. The molecule has 11 rings (SSSR count). The van der Waals surface area contributed by atoms with E-state index in [1.807, 2.05) is 27.7 Å². The molecule has 540 valence electrons. The molecular formula is C64H104O30. The fourth-order valence-electron chi connectivity index (χ4n) is 20.0. The van der Waals surface area contributed by atoms with E-state index in [9.17, 15) is 91.3 Å². The molecule has 0 aromatic heterocycles. The molecule has 0 aromatic carbocycles. The number of rotatable bonds is 16. The van der Waals surface area contributed by atoms with E-state index in [0.29, 0.717) is 57.8 Å². The number of aliphatic hydroxyl groups excluding tert-OH is 15. The highest BCUT2D eigenvalue weighted by atomic mass is 16.8.